The Hall–Kier alpha value is -2.53. The number of benzene rings is 2. The van der Waals surface area contributed by atoms with E-state index in [2.05, 4.69) is 6.92 Å². The van der Waals surface area contributed by atoms with E-state index in [4.69, 9.17) is 19.2 Å². The molecule has 0 fully saturated rings. The Kier molecular flexibility index (Phi) is 4.71. The van der Waals surface area contributed by atoms with Crippen molar-refractivity contribution in [3.05, 3.63) is 47.3 Å². The van der Waals surface area contributed by atoms with Crippen molar-refractivity contribution in [3.63, 3.8) is 0 Å². The van der Waals surface area contributed by atoms with Crippen molar-refractivity contribution >= 4 is 11.3 Å². The standard InChI is InChI=1S/C19H19NO3S/c1-12-17(13-8-10-14(21-2)11-9-13)20-19(24-12)15-6-5-7-16(22-3)18(15)23-4/h5-11H,1-4H3. The van der Waals surface area contributed by atoms with Crippen molar-refractivity contribution in [1.82, 2.24) is 4.98 Å². The van der Waals surface area contributed by atoms with Gasteiger partial charge in [0.05, 0.1) is 32.6 Å². The molecule has 24 heavy (non-hydrogen) atoms. The van der Waals surface area contributed by atoms with Gasteiger partial charge < -0.3 is 14.2 Å². The molecule has 124 valence electrons. The lowest BCUT2D eigenvalue weighted by Gasteiger charge is -2.10. The molecule has 0 unspecified atom stereocenters. The molecule has 1 heterocycles. The Balaban J connectivity index is 2.06. The monoisotopic (exact) mass is 341 g/mol. The molecular formula is C19H19NO3S. The number of methoxy groups -OCH3 is 3. The van der Waals surface area contributed by atoms with Gasteiger partial charge in [0.15, 0.2) is 11.5 Å². The minimum absolute atomic E-state index is 0.703. The molecule has 0 N–H and O–H groups in total. The second-order valence-electron chi connectivity index (χ2n) is 5.19. The van der Waals surface area contributed by atoms with Crippen LogP contribution in [0, 0.1) is 6.92 Å². The molecule has 3 aromatic rings. The lowest BCUT2D eigenvalue weighted by molar-refractivity contribution is 0.356. The Morgan fingerprint density at radius 3 is 2.25 bits per heavy atom. The Labute approximate surface area is 145 Å². The summed E-state index contributed by atoms with van der Waals surface area (Å²) in [4.78, 5) is 5.98. The van der Waals surface area contributed by atoms with Gasteiger partial charge in [-0.15, -0.1) is 11.3 Å². The van der Waals surface area contributed by atoms with Crippen LogP contribution in [0.1, 0.15) is 4.88 Å². The summed E-state index contributed by atoms with van der Waals surface area (Å²) < 4.78 is 16.1. The molecule has 5 heteroatoms. The average molecular weight is 341 g/mol. The smallest absolute Gasteiger partial charge is 0.170 e. The molecule has 4 nitrogen and oxygen atoms in total. The lowest BCUT2D eigenvalue weighted by atomic mass is 10.1. The van der Waals surface area contributed by atoms with Gasteiger partial charge in [-0.05, 0) is 43.3 Å². The lowest BCUT2D eigenvalue weighted by Crippen LogP contribution is -1.93. The first-order valence-corrected chi connectivity index (χ1v) is 8.32. The number of aryl methyl sites for hydroxylation is 1. The number of para-hydroxylation sites is 1. The zero-order valence-corrected chi connectivity index (χ0v) is 14.9. The predicted molar refractivity (Wildman–Crippen MR) is 97.4 cm³/mol. The minimum atomic E-state index is 0.703. The Morgan fingerprint density at radius 2 is 1.62 bits per heavy atom. The van der Waals surface area contributed by atoms with Crippen LogP contribution in [0.5, 0.6) is 17.2 Å². The van der Waals surface area contributed by atoms with Gasteiger partial charge in [0, 0.05) is 10.4 Å². The van der Waals surface area contributed by atoms with E-state index in [1.54, 1.807) is 32.7 Å². The summed E-state index contributed by atoms with van der Waals surface area (Å²) >= 11 is 1.64. The van der Waals surface area contributed by atoms with Crippen molar-refractivity contribution in [2.24, 2.45) is 0 Å². The summed E-state index contributed by atoms with van der Waals surface area (Å²) in [5, 5.41) is 0.911. The molecule has 0 spiro atoms. The summed E-state index contributed by atoms with van der Waals surface area (Å²) in [5.41, 5.74) is 2.98. The van der Waals surface area contributed by atoms with E-state index in [1.165, 1.54) is 0 Å². The summed E-state index contributed by atoms with van der Waals surface area (Å²) in [6.45, 7) is 2.08. The van der Waals surface area contributed by atoms with E-state index in [0.717, 1.165) is 32.5 Å². The van der Waals surface area contributed by atoms with Gasteiger partial charge >= 0.3 is 0 Å². The van der Waals surface area contributed by atoms with Crippen LogP contribution >= 0.6 is 11.3 Å². The fourth-order valence-electron chi connectivity index (χ4n) is 2.58. The van der Waals surface area contributed by atoms with Crippen LogP contribution < -0.4 is 14.2 Å². The number of thiazole rings is 1. The normalized spacial score (nSPS) is 10.5. The van der Waals surface area contributed by atoms with Gasteiger partial charge in [0.25, 0.3) is 0 Å². The van der Waals surface area contributed by atoms with Gasteiger partial charge in [-0.1, -0.05) is 6.07 Å². The highest BCUT2D eigenvalue weighted by atomic mass is 32.1. The predicted octanol–water partition coefficient (Wildman–Crippen LogP) is 4.81. The van der Waals surface area contributed by atoms with E-state index < -0.39 is 0 Å². The Morgan fingerprint density at radius 1 is 0.875 bits per heavy atom. The number of hydrogen-bond acceptors (Lipinski definition) is 5. The van der Waals surface area contributed by atoms with Gasteiger partial charge in [-0.3, -0.25) is 0 Å². The van der Waals surface area contributed by atoms with Crippen LogP contribution in [0.4, 0.5) is 0 Å². The molecule has 0 aliphatic carbocycles. The van der Waals surface area contributed by atoms with Crippen LogP contribution in [0.15, 0.2) is 42.5 Å². The second-order valence-corrected chi connectivity index (χ2v) is 6.40. The fraction of sp³-hybridized carbons (Fsp3) is 0.211. The van der Waals surface area contributed by atoms with E-state index in [-0.39, 0.29) is 0 Å². The molecule has 2 aromatic carbocycles. The highest BCUT2D eigenvalue weighted by molar-refractivity contribution is 7.15. The molecule has 0 radical (unpaired) electrons. The van der Waals surface area contributed by atoms with E-state index >= 15 is 0 Å². The van der Waals surface area contributed by atoms with Crippen LogP contribution in [-0.4, -0.2) is 26.3 Å². The van der Waals surface area contributed by atoms with Crippen LogP contribution in [0.3, 0.4) is 0 Å². The number of hydrogen-bond donors (Lipinski definition) is 0. The zero-order valence-electron chi connectivity index (χ0n) is 14.1. The van der Waals surface area contributed by atoms with E-state index in [9.17, 15) is 0 Å². The molecule has 0 aliphatic rings. The topological polar surface area (TPSA) is 40.6 Å². The van der Waals surface area contributed by atoms with Gasteiger partial charge in [-0.2, -0.15) is 0 Å². The zero-order chi connectivity index (χ0) is 17.1. The maximum atomic E-state index is 5.53. The Bertz CT molecular complexity index is 840. The van der Waals surface area contributed by atoms with Crippen molar-refractivity contribution in [1.29, 1.82) is 0 Å². The second kappa shape index (κ2) is 6.93. The molecule has 0 saturated heterocycles. The minimum Gasteiger partial charge on any atom is -0.497 e. The summed E-state index contributed by atoms with van der Waals surface area (Å²) in [5.74, 6) is 2.24. The van der Waals surface area contributed by atoms with Gasteiger partial charge in [0.2, 0.25) is 0 Å². The van der Waals surface area contributed by atoms with Crippen molar-refractivity contribution in [3.8, 4) is 39.1 Å². The largest absolute Gasteiger partial charge is 0.497 e. The summed E-state index contributed by atoms with van der Waals surface area (Å²) in [6, 6.07) is 13.8. The van der Waals surface area contributed by atoms with E-state index in [1.807, 2.05) is 42.5 Å². The first-order chi connectivity index (χ1) is 11.7. The number of ether oxygens (including phenoxy) is 3. The summed E-state index contributed by atoms with van der Waals surface area (Å²) in [6.07, 6.45) is 0. The maximum Gasteiger partial charge on any atom is 0.170 e. The molecule has 0 saturated carbocycles. The molecule has 0 bridgehead atoms. The summed E-state index contributed by atoms with van der Waals surface area (Å²) in [7, 11) is 4.94. The number of aromatic nitrogens is 1. The van der Waals surface area contributed by atoms with Crippen LogP contribution in [0.25, 0.3) is 21.8 Å². The molecule has 1 aromatic heterocycles. The van der Waals surface area contributed by atoms with Crippen molar-refractivity contribution in [2.75, 3.05) is 21.3 Å². The maximum absolute atomic E-state index is 5.53. The molecule has 0 atom stereocenters. The van der Waals surface area contributed by atoms with Gasteiger partial charge in [-0.25, -0.2) is 4.98 Å². The molecule has 3 rings (SSSR count). The van der Waals surface area contributed by atoms with Crippen LogP contribution in [-0.2, 0) is 0 Å². The first-order valence-electron chi connectivity index (χ1n) is 7.51. The third-order valence-electron chi connectivity index (χ3n) is 3.79. The number of nitrogens with zero attached hydrogens (tertiary/aromatic N) is 1. The van der Waals surface area contributed by atoms with Gasteiger partial charge in [0.1, 0.15) is 10.8 Å². The fourth-order valence-corrected chi connectivity index (χ4v) is 3.54. The molecule has 0 amide bonds. The van der Waals surface area contributed by atoms with E-state index in [0.29, 0.717) is 11.5 Å². The molecule has 0 aliphatic heterocycles. The molecular weight excluding hydrogens is 322 g/mol. The highest BCUT2D eigenvalue weighted by Crippen LogP contribution is 2.41. The third kappa shape index (κ3) is 2.95. The average Bonchev–Trinajstić information content (AvgIpc) is 3.02. The third-order valence-corrected chi connectivity index (χ3v) is 4.80. The van der Waals surface area contributed by atoms with Crippen LogP contribution in [0.2, 0.25) is 0 Å². The van der Waals surface area contributed by atoms with Crippen molar-refractivity contribution < 1.29 is 14.2 Å². The quantitative estimate of drug-likeness (QED) is 0.668. The number of rotatable bonds is 5. The first kappa shape index (κ1) is 16.3. The SMILES string of the molecule is COc1ccc(-c2nc(-c3cccc(OC)c3OC)sc2C)cc1. The highest BCUT2D eigenvalue weighted by Gasteiger charge is 2.17. The van der Waals surface area contributed by atoms with Crippen molar-refractivity contribution in [2.45, 2.75) is 6.92 Å².